The van der Waals surface area contributed by atoms with Crippen LogP contribution in [0.1, 0.15) is 57.6 Å². The molecule has 1 atom stereocenters. The smallest absolute Gasteiger partial charge is 0.123 e. The van der Waals surface area contributed by atoms with Gasteiger partial charge in [-0.05, 0) is 18.3 Å². The zero-order valence-electron chi connectivity index (χ0n) is 9.54. The van der Waals surface area contributed by atoms with Gasteiger partial charge in [0.05, 0.1) is 6.04 Å². The Morgan fingerprint density at radius 3 is 2.43 bits per heavy atom. The average Bonchev–Trinajstić information content (AvgIpc) is 2.50. The fraction of sp³-hybridized carbons (Fsp3) is 0.727. The lowest BCUT2D eigenvalue weighted by Gasteiger charge is -2.11. The SMILES string of the molecule is CC(C)CC(N)c1ncc(C(C)C)[nH]1. The summed E-state index contributed by atoms with van der Waals surface area (Å²) in [5.41, 5.74) is 7.18. The number of aromatic nitrogens is 2. The molecule has 0 saturated carbocycles. The summed E-state index contributed by atoms with van der Waals surface area (Å²) in [5.74, 6) is 2.02. The van der Waals surface area contributed by atoms with Crippen LogP contribution in [-0.2, 0) is 0 Å². The van der Waals surface area contributed by atoms with E-state index in [1.807, 2.05) is 6.20 Å². The van der Waals surface area contributed by atoms with Crippen molar-refractivity contribution in [2.45, 2.75) is 46.1 Å². The van der Waals surface area contributed by atoms with E-state index in [-0.39, 0.29) is 6.04 Å². The number of imidazole rings is 1. The van der Waals surface area contributed by atoms with E-state index in [1.54, 1.807) is 0 Å². The van der Waals surface area contributed by atoms with Crippen LogP contribution in [0.3, 0.4) is 0 Å². The van der Waals surface area contributed by atoms with Gasteiger partial charge in [0.25, 0.3) is 0 Å². The van der Waals surface area contributed by atoms with Gasteiger partial charge in [0.15, 0.2) is 0 Å². The van der Waals surface area contributed by atoms with Crippen molar-refractivity contribution in [3.05, 3.63) is 17.7 Å². The molecule has 0 aliphatic carbocycles. The summed E-state index contributed by atoms with van der Waals surface area (Å²) in [4.78, 5) is 7.59. The Hall–Kier alpha value is -0.830. The van der Waals surface area contributed by atoms with E-state index >= 15 is 0 Å². The number of nitrogens with two attached hydrogens (primary N) is 1. The van der Waals surface area contributed by atoms with Gasteiger partial charge < -0.3 is 10.7 Å². The maximum atomic E-state index is 6.02. The highest BCUT2D eigenvalue weighted by Gasteiger charge is 2.12. The molecule has 3 heteroatoms. The molecule has 0 aromatic carbocycles. The first-order chi connectivity index (χ1) is 6.50. The van der Waals surface area contributed by atoms with Crippen LogP contribution in [0.15, 0.2) is 6.20 Å². The fourth-order valence-electron chi connectivity index (χ4n) is 1.45. The normalized spacial score (nSPS) is 13.9. The van der Waals surface area contributed by atoms with E-state index in [1.165, 1.54) is 5.69 Å². The summed E-state index contributed by atoms with van der Waals surface area (Å²) in [6.45, 7) is 8.63. The summed E-state index contributed by atoms with van der Waals surface area (Å²) in [6.07, 6.45) is 2.87. The quantitative estimate of drug-likeness (QED) is 0.775. The summed E-state index contributed by atoms with van der Waals surface area (Å²) in [6, 6.07) is 0.0440. The Kier molecular flexibility index (Phi) is 3.69. The molecule has 3 nitrogen and oxygen atoms in total. The standard InChI is InChI=1S/C11H21N3/c1-7(2)5-9(12)11-13-6-10(14-11)8(3)4/h6-9H,5,12H2,1-4H3,(H,13,14). The number of aromatic amines is 1. The number of H-pyrrole nitrogens is 1. The van der Waals surface area contributed by atoms with Crippen LogP contribution >= 0.6 is 0 Å². The second kappa shape index (κ2) is 4.60. The maximum absolute atomic E-state index is 6.02. The Morgan fingerprint density at radius 2 is 2.00 bits per heavy atom. The molecule has 0 amide bonds. The van der Waals surface area contributed by atoms with Crippen molar-refractivity contribution in [2.75, 3.05) is 0 Å². The first-order valence-electron chi connectivity index (χ1n) is 5.31. The highest BCUT2D eigenvalue weighted by atomic mass is 15.0. The van der Waals surface area contributed by atoms with E-state index < -0.39 is 0 Å². The number of hydrogen-bond donors (Lipinski definition) is 2. The molecule has 0 bridgehead atoms. The molecule has 0 aliphatic heterocycles. The Morgan fingerprint density at radius 1 is 1.36 bits per heavy atom. The lowest BCUT2D eigenvalue weighted by Crippen LogP contribution is -2.14. The van der Waals surface area contributed by atoms with Gasteiger partial charge >= 0.3 is 0 Å². The van der Waals surface area contributed by atoms with Crippen LogP contribution in [-0.4, -0.2) is 9.97 Å². The molecule has 0 spiro atoms. The molecule has 1 rings (SSSR count). The van der Waals surface area contributed by atoms with Gasteiger partial charge in [-0.15, -0.1) is 0 Å². The van der Waals surface area contributed by atoms with Crippen molar-refractivity contribution in [2.24, 2.45) is 11.7 Å². The molecule has 1 unspecified atom stereocenters. The zero-order valence-corrected chi connectivity index (χ0v) is 9.54. The summed E-state index contributed by atoms with van der Waals surface area (Å²) in [5, 5.41) is 0. The third-order valence-corrected chi connectivity index (χ3v) is 2.31. The predicted octanol–water partition coefficient (Wildman–Crippen LogP) is 2.58. The second-order valence-corrected chi connectivity index (χ2v) is 4.61. The molecule has 80 valence electrons. The van der Waals surface area contributed by atoms with E-state index in [4.69, 9.17) is 5.73 Å². The monoisotopic (exact) mass is 195 g/mol. The van der Waals surface area contributed by atoms with Gasteiger partial charge in [0.1, 0.15) is 5.82 Å². The molecule has 14 heavy (non-hydrogen) atoms. The van der Waals surface area contributed by atoms with Gasteiger partial charge in [-0.3, -0.25) is 0 Å². The van der Waals surface area contributed by atoms with Gasteiger partial charge in [0, 0.05) is 11.9 Å². The van der Waals surface area contributed by atoms with Crippen molar-refractivity contribution < 1.29 is 0 Å². The average molecular weight is 195 g/mol. The highest BCUT2D eigenvalue weighted by Crippen LogP contribution is 2.18. The first kappa shape index (κ1) is 11.2. The number of nitrogens with one attached hydrogen (secondary N) is 1. The topological polar surface area (TPSA) is 54.7 Å². The molecule has 1 aromatic rings. The van der Waals surface area contributed by atoms with Crippen LogP contribution in [0.5, 0.6) is 0 Å². The number of hydrogen-bond acceptors (Lipinski definition) is 2. The van der Waals surface area contributed by atoms with Crippen molar-refractivity contribution >= 4 is 0 Å². The van der Waals surface area contributed by atoms with Crippen LogP contribution < -0.4 is 5.73 Å². The van der Waals surface area contributed by atoms with Gasteiger partial charge in [0.2, 0.25) is 0 Å². The Bertz CT molecular complexity index is 276. The summed E-state index contributed by atoms with van der Waals surface area (Å²) in [7, 11) is 0. The number of rotatable bonds is 4. The molecular formula is C11H21N3. The molecule has 3 N–H and O–H groups in total. The Balaban J connectivity index is 2.66. The minimum Gasteiger partial charge on any atom is -0.344 e. The van der Waals surface area contributed by atoms with Crippen LogP contribution in [0.25, 0.3) is 0 Å². The van der Waals surface area contributed by atoms with Crippen molar-refractivity contribution in [1.82, 2.24) is 9.97 Å². The molecule has 1 heterocycles. The minimum atomic E-state index is 0.0440. The molecular weight excluding hydrogens is 174 g/mol. The molecule has 0 aliphatic rings. The van der Waals surface area contributed by atoms with Crippen LogP contribution in [0.4, 0.5) is 0 Å². The van der Waals surface area contributed by atoms with Crippen LogP contribution in [0, 0.1) is 5.92 Å². The van der Waals surface area contributed by atoms with Gasteiger partial charge in [-0.2, -0.15) is 0 Å². The van der Waals surface area contributed by atoms with Gasteiger partial charge in [-0.25, -0.2) is 4.98 Å². The molecule has 0 saturated heterocycles. The molecule has 0 fully saturated rings. The Labute approximate surface area is 86.1 Å². The molecule has 1 aromatic heterocycles. The third kappa shape index (κ3) is 2.84. The summed E-state index contributed by atoms with van der Waals surface area (Å²) >= 11 is 0. The molecule has 0 radical (unpaired) electrons. The minimum absolute atomic E-state index is 0.0440. The van der Waals surface area contributed by atoms with Crippen molar-refractivity contribution in [3.8, 4) is 0 Å². The first-order valence-corrected chi connectivity index (χ1v) is 5.31. The van der Waals surface area contributed by atoms with E-state index in [9.17, 15) is 0 Å². The van der Waals surface area contributed by atoms with Crippen molar-refractivity contribution in [1.29, 1.82) is 0 Å². The predicted molar refractivity (Wildman–Crippen MR) is 59.1 cm³/mol. The van der Waals surface area contributed by atoms with Crippen molar-refractivity contribution in [3.63, 3.8) is 0 Å². The lowest BCUT2D eigenvalue weighted by atomic mass is 10.0. The van der Waals surface area contributed by atoms with E-state index in [0.29, 0.717) is 11.8 Å². The largest absolute Gasteiger partial charge is 0.344 e. The third-order valence-electron chi connectivity index (χ3n) is 2.31. The lowest BCUT2D eigenvalue weighted by molar-refractivity contribution is 0.495. The van der Waals surface area contributed by atoms with Gasteiger partial charge in [-0.1, -0.05) is 27.7 Å². The zero-order chi connectivity index (χ0) is 10.7. The summed E-state index contributed by atoms with van der Waals surface area (Å²) < 4.78 is 0. The second-order valence-electron chi connectivity index (χ2n) is 4.61. The number of nitrogens with zero attached hydrogens (tertiary/aromatic N) is 1. The highest BCUT2D eigenvalue weighted by molar-refractivity contribution is 5.07. The van der Waals surface area contributed by atoms with E-state index in [2.05, 4.69) is 37.7 Å². The van der Waals surface area contributed by atoms with Crippen LogP contribution in [0.2, 0.25) is 0 Å². The maximum Gasteiger partial charge on any atom is 0.123 e. The fourth-order valence-corrected chi connectivity index (χ4v) is 1.45. The van der Waals surface area contributed by atoms with E-state index in [0.717, 1.165) is 12.2 Å².